The summed E-state index contributed by atoms with van der Waals surface area (Å²) < 4.78 is 4.55. The molecule has 0 rings (SSSR count). The van der Waals surface area contributed by atoms with E-state index in [0.29, 0.717) is 6.42 Å². The number of carbonyl (C=O) groups excluding carboxylic acids is 1. The van der Waals surface area contributed by atoms with Gasteiger partial charge in [-0.3, -0.25) is 4.79 Å². The fourth-order valence-electron chi connectivity index (χ4n) is 3.13. The molecule has 144 valence electrons. The molecule has 24 heavy (non-hydrogen) atoms. The Labute approximate surface area is 150 Å². The summed E-state index contributed by atoms with van der Waals surface area (Å²) in [5, 5.41) is 9.65. The first-order valence-electron chi connectivity index (χ1n) is 10.5. The topological polar surface area (TPSA) is 46.5 Å². The maximum absolute atomic E-state index is 11.0. The third-order valence-corrected chi connectivity index (χ3v) is 4.77. The Bertz CT molecular complexity index is 266. The molecule has 1 atom stereocenters. The van der Waals surface area contributed by atoms with E-state index in [1.165, 1.54) is 90.6 Å². The van der Waals surface area contributed by atoms with Crippen molar-refractivity contribution in [3.63, 3.8) is 0 Å². The number of unbranched alkanes of at least 4 members (excludes halogenated alkanes) is 14. The van der Waals surface area contributed by atoms with Crippen LogP contribution in [0, 0.1) is 0 Å². The molecule has 0 aromatic carbocycles. The molecular weight excluding hydrogens is 300 g/mol. The minimum Gasteiger partial charge on any atom is -0.469 e. The summed E-state index contributed by atoms with van der Waals surface area (Å²) in [7, 11) is 1.36. The van der Waals surface area contributed by atoms with E-state index in [4.69, 9.17) is 0 Å². The van der Waals surface area contributed by atoms with E-state index in [9.17, 15) is 9.90 Å². The molecule has 3 nitrogen and oxygen atoms in total. The summed E-state index contributed by atoms with van der Waals surface area (Å²) in [5.74, 6) is -0.316. The number of rotatable bonds is 18. The SMILES string of the molecule is CCCCCCCCCCCCCCCCC[C@@H](O)CC(=O)OC. The van der Waals surface area contributed by atoms with Crippen molar-refractivity contribution < 1.29 is 14.6 Å². The van der Waals surface area contributed by atoms with Crippen LogP contribution in [-0.4, -0.2) is 24.3 Å². The smallest absolute Gasteiger partial charge is 0.308 e. The van der Waals surface area contributed by atoms with Gasteiger partial charge < -0.3 is 9.84 Å². The van der Waals surface area contributed by atoms with E-state index < -0.39 is 6.10 Å². The second-order valence-electron chi connectivity index (χ2n) is 7.17. The Kier molecular flexibility index (Phi) is 18.3. The van der Waals surface area contributed by atoms with Gasteiger partial charge in [-0.25, -0.2) is 0 Å². The highest BCUT2D eigenvalue weighted by molar-refractivity contribution is 5.69. The molecule has 0 aliphatic heterocycles. The molecule has 0 saturated carbocycles. The highest BCUT2D eigenvalue weighted by Gasteiger charge is 2.10. The largest absolute Gasteiger partial charge is 0.469 e. The van der Waals surface area contributed by atoms with Crippen LogP contribution in [0.3, 0.4) is 0 Å². The van der Waals surface area contributed by atoms with Crippen molar-refractivity contribution in [3.8, 4) is 0 Å². The first-order chi connectivity index (χ1) is 11.7. The summed E-state index contributed by atoms with van der Waals surface area (Å²) in [5.41, 5.74) is 0. The molecule has 0 saturated heterocycles. The van der Waals surface area contributed by atoms with E-state index in [0.717, 1.165) is 12.8 Å². The highest BCUT2D eigenvalue weighted by Crippen LogP contribution is 2.14. The molecular formula is C21H42O3. The Morgan fingerprint density at radius 1 is 0.750 bits per heavy atom. The summed E-state index contributed by atoms with van der Waals surface area (Å²) in [4.78, 5) is 11.0. The molecule has 0 bridgehead atoms. The summed E-state index contributed by atoms with van der Waals surface area (Å²) in [6.45, 7) is 2.27. The molecule has 0 amide bonds. The lowest BCUT2D eigenvalue weighted by molar-refractivity contribution is -0.142. The third kappa shape index (κ3) is 17.8. The molecule has 0 heterocycles. The summed E-state index contributed by atoms with van der Waals surface area (Å²) in [6.07, 6.45) is 20.5. The van der Waals surface area contributed by atoms with Crippen molar-refractivity contribution in [1.82, 2.24) is 0 Å². The minimum absolute atomic E-state index is 0.134. The predicted octanol–water partition coefficient (Wildman–Crippen LogP) is 6.17. The second-order valence-corrected chi connectivity index (χ2v) is 7.17. The Morgan fingerprint density at radius 3 is 1.50 bits per heavy atom. The lowest BCUT2D eigenvalue weighted by atomic mass is 10.0. The fraction of sp³-hybridized carbons (Fsp3) is 0.952. The number of hydrogen-bond acceptors (Lipinski definition) is 3. The van der Waals surface area contributed by atoms with Gasteiger partial charge in [-0.15, -0.1) is 0 Å². The van der Waals surface area contributed by atoms with Crippen molar-refractivity contribution in [2.45, 2.75) is 122 Å². The van der Waals surface area contributed by atoms with Gasteiger partial charge in [0.15, 0.2) is 0 Å². The van der Waals surface area contributed by atoms with E-state index in [1.807, 2.05) is 0 Å². The first-order valence-corrected chi connectivity index (χ1v) is 10.5. The normalized spacial score (nSPS) is 12.3. The van der Waals surface area contributed by atoms with Gasteiger partial charge in [-0.1, -0.05) is 103 Å². The van der Waals surface area contributed by atoms with Crippen molar-refractivity contribution in [2.24, 2.45) is 0 Å². The molecule has 0 fully saturated rings. The zero-order valence-electron chi connectivity index (χ0n) is 16.4. The van der Waals surface area contributed by atoms with Crippen LogP contribution in [0.5, 0.6) is 0 Å². The number of hydrogen-bond donors (Lipinski definition) is 1. The Balaban J connectivity index is 3.11. The minimum atomic E-state index is -0.528. The van der Waals surface area contributed by atoms with E-state index in [2.05, 4.69) is 11.7 Å². The molecule has 0 unspecified atom stereocenters. The van der Waals surface area contributed by atoms with Gasteiger partial charge in [-0.2, -0.15) is 0 Å². The van der Waals surface area contributed by atoms with Crippen LogP contribution in [-0.2, 0) is 9.53 Å². The zero-order chi connectivity index (χ0) is 17.9. The lowest BCUT2D eigenvalue weighted by Gasteiger charge is -2.08. The third-order valence-electron chi connectivity index (χ3n) is 4.77. The fourth-order valence-corrected chi connectivity index (χ4v) is 3.13. The molecule has 0 aliphatic carbocycles. The van der Waals surface area contributed by atoms with Crippen LogP contribution >= 0.6 is 0 Å². The average Bonchev–Trinajstić information content (AvgIpc) is 2.58. The summed E-state index contributed by atoms with van der Waals surface area (Å²) >= 11 is 0. The highest BCUT2D eigenvalue weighted by atomic mass is 16.5. The van der Waals surface area contributed by atoms with E-state index in [-0.39, 0.29) is 12.4 Å². The number of esters is 1. The van der Waals surface area contributed by atoms with Crippen LogP contribution in [0.2, 0.25) is 0 Å². The lowest BCUT2D eigenvalue weighted by Crippen LogP contribution is -2.14. The van der Waals surface area contributed by atoms with Gasteiger partial charge in [0.2, 0.25) is 0 Å². The van der Waals surface area contributed by atoms with Crippen molar-refractivity contribution in [2.75, 3.05) is 7.11 Å². The van der Waals surface area contributed by atoms with Gasteiger partial charge in [0.05, 0.1) is 19.6 Å². The maximum Gasteiger partial charge on any atom is 0.308 e. The van der Waals surface area contributed by atoms with E-state index >= 15 is 0 Å². The Morgan fingerprint density at radius 2 is 1.12 bits per heavy atom. The number of carbonyl (C=O) groups is 1. The average molecular weight is 343 g/mol. The molecule has 3 heteroatoms. The molecule has 0 aliphatic rings. The van der Waals surface area contributed by atoms with Crippen LogP contribution in [0.4, 0.5) is 0 Å². The van der Waals surface area contributed by atoms with Crippen molar-refractivity contribution in [1.29, 1.82) is 0 Å². The quantitative estimate of drug-likeness (QED) is 0.239. The molecule has 0 aromatic rings. The zero-order valence-corrected chi connectivity index (χ0v) is 16.4. The van der Waals surface area contributed by atoms with Gasteiger partial charge in [0.25, 0.3) is 0 Å². The second kappa shape index (κ2) is 18.8. The van der Waals surface area contributed by atoms with Crippen LogP contribution in [0.1, 0.15) is 116 Å². The maximum atomic E-state index is 11.0. The van der Waals surface area contributed by atoms with Gasteiger partial charge >= 0.3 is 5.97 Å². The number of ether oxygens (including phenoxy) is 1. The van der Waals surface area contributed by atoms with E-state index in [1.54, 1.807) is 0 Å². The number of methoxy groups -OCH3 is 1. The molecule has 1 N–H and O–H groups in total. The summed E-state index contributed by atoms with van der Waals surface area (Å²) in [6, 6.07) is 0. The van der Waals surface area contributed by atoms with Crippen LogP contribution in [0.15, 0.2) is 0 Å². The van der Waals surface area contributed by atoms with Crippen molar-refractivity contribution >= 4 is 5.97 Å². The first kappa shape index (κ1) is 23.4. The van der Waals surface area contributed by atoms with Crippen molar-refractivity contribution in [3.05, 3.63) is 0 Å². The monoisotopic (exact) mass is 342 g/mol. The van der Waals surface area contributed by atoms with Gasteiger partial charge in [0.1, 0.15) is 0 Å². The molecule has 0 aromatic heterocycles. The van der Waals surface area contributed by atoms with Crippen LogP contribution in [0.25, 0.3) is 0 Å². The number of aliphatic hydroxyl groups excluding tert-OH is 1. The number of aliphatic hydroxyl groups is 1. The van der Waals surface area contributed by atoms with Gasteiger partial charge in [-0.05, 0) is 6.42 Å². The molecule has 0 spiro atoms. The standard InChI is InChI=1S/C21H42O3/c1-3-4-5-6-7-8-9-10-11-12-13-14-15-16-17-18-20(22)19-21(23)24-2/h20,22H,3-19H2,1-2H3/t20-/m1/s1. The van der Waals surface area contributed by atoms with Crippen LogP contribution < -0.4 is 0 Å². The van der Waals surface area contributed by atoms with Gasteiger partial charge in [0, 0.05) is 0 Å². The molecule has 0 radical (unpaired) electrons. The Hall–Kier alpha value is -0.570. The predicted molar refractivity (Wildman–Crippen MR) is 102 cm³/mol.